The average molecular weight is 341 g/mol. The maximum Gasteiger partial charge on any atom is 0.242 e. The molecule has 5 heteroatoms. The number of benzene rings is 3. The van der Waals surface area contributed by atoms with Gasteiger partial charge in [0.15, 0.2) is 0 Å². The van der Waals surface area contributed by atoms with E-state index in [1.165, 1.54) is 18.4 Å². The van der Waals surface area contributed by atoms with Crippen LogP contribution in [0.1, 0.15) is 5.56 Å². The highest BCUT2D eigenvalue weighted by atomic mass is 32.2. The van der Waals surface area contributed by atoms with Crippen LogP contribution < -0.4 is 4.74 Å². The van der Waals surface area contributed by atoms with Gasteiger partial charge >= 0.3 is 0 Å². The molecule has 3 aromatic carbocycles. The Bertz CT molecular complexity index is 960. The molecule has 4 nitrogen and oxygen atoms in total. The van der Waals surface area contributed by atoms with E-state index in [0.29, 0.717) is 6.61 Å². The Morgan fingerprint density at radius 1 is 0.917 bits per heavy atom. The summed E-state index contributed by atoms with van der Waals surface area (Å²) < 4.78 is 31.6. The highest BCUT2D eigenvalue weighted by Crippen LogP contribution is 2.26. The number of rotatable bonds is 5. The molecule has 0 fully saturated rings. The van der Waals surface area contributed by atoms with Crippen molar-refractivity contribution in [2.24, 2.45) is 0 Å². The fraction of sp³-hybridized carbons (Fsp3) is 0.158. The Kier molecular flexibility index (Phi) is 4.55. The van der Waals surface area contributed by atoms with E-state index >= 15 is 0 Å². The van der Waals surface area contributed by atoms with Crippen molar-refractivity contribution in [2.45, 2.75) is 11.5 Å². The number of hydrogen-bond donors (Lipinski definition) is 0. The molecule has 3 aromatic rings. The summed E-state index contributed by atoms with van der Waals surface area (Å²) in [6, 6.07) is 20.8. The zero-order valence-corrected chi connectivity index (χ0v) is 14.5. The van der Waals surface area contributed by atoms with Gasteiger partial charge in [0.2, 0.25) is 10.0 Å². The largest absolute Gasteiger partial charge is 0.488 e. The summed E-state index contributed by atoms with van der Waals surface area (Å²) in [5.74, 6) is 0.786. The number of hydrogen-bond acceptors (Lipinski definition) is 3. The first-order chi connectivity index (χ1) is 11.5. The van der Waals surface area contributed by atoms with Gasteiger partial charge in [-0.2, -0.15) is 0 Å². The minimum Gasteiger partial charge on any atom is -0.488 e. The Hall–Kier alpha value is -2.37. The smallest absolute Gasteiger partial charge is 0.242 e. The van der Waals surface area contributed by atoms with Crippen molar-refractivity contribution in [3.8, 4) is 5.75 Å². The van der Waals surface area contributed by atoms with Crippen LogP contribution in [0, 0.1) is 0 Å². The van der Waals surface area contributed by atoms with Crippen LogP contribution in [-0.4, -0.2) is 26.8 Å². The zero-order valence-electron chi connectivity index (χ0n) is 13.6. The third-order valence-electron chi connectivity index (χ3n) is 3.82. The second kappa shape index (κ2) is 6.63. The average Bonchev–Trinajstić information content (AvgIpc) is 2.60. The standard InChI is InChI=1S/C19H19NO3S/c1-20(2)24(21,22)17-10-5-7-15(13-17)14-23-19-12-6-9-16-8-3-4-11-18(16)19/h3-13H,14H2,1-2H3. The molecule has 0 aliphatic heterocycles. The van der Waals surface area contributed by atoms with Crippen molar-refractivity contribution in [2.75, 3.05) is 14.1 Å². The fourth-order valence-electron chi connectivity index (χ4n) is 2.49. The first-order valence-electron chi connectivity index (χ1n) is 7.60. The lowest BCUT2D eigenvalue weighted by Crippen LogP contribution is -2.22. The molecule has 0 bridgehead atoms. The van der Waals surface area contributed by atoms with Crippen molar-refractivity contribution in [1.29, 1.82) is 0 Å². The molecular formula is C19H19NO3S. The molecule has 0 spiro atoms. The Labute approximate surface area is 142 Å². The van der Waals surface area contributed by atoms with Crippen molar-refractivity contribution in [1.82, 2.24) is 4.31 Å². The number of fused-ring (bicyclic) bond motifs is 1. The van der Waals surface area contributed by atoms with Crippen molar-refractivity contribution < 1.29 is 13.2 Å². The fourth-order valence-corrected chi connectivity index (χ4v) is 3.46. The predicted molar refractivity (Wildman–Crippen MR) is 95.6 cm³/mol. The van der Waals surface area contributed by atoms with Crippen LogP contribution in [0.4, 0.5) is 0 Å². The number of nitrogens with zero attached hydrogens (tertiary/aromatic N) is 1. The molecule has 0 aliphatic carbocycles. The molecule has 0 heterocycles. The summed E-state index contributed by atoms with van der Waals surface area (Å²) in [5.41, 5.74) is 0.811. The van der Waals surface area contributed by atoms with E-state index in [4.69, 9.17) is 4.74 Å². The van der Waals surface area contributed by atoms with E-state index in [1.807, 2.05) is 48.5 Å². The van der Waals surface area contributed by atoms with Crippen LogP contribution in [0.15, 0.2) is 71.6 Å². The minimum absolute atomic E-state index is 0.270. The first kappa shape index (κ1) is 16.5. The van der Waals surface area contributed by atoms with Crippen LogP contribution in [0.3, 0.4) is 0 Å². The summed E-state index contributed by atoms with van der Waals surface area (Å²) in [7, 11) is -0.394. The second-order valence-electron chi connectivity index (χ2n) is 5.70. The van der Waals surface area contributed by atoms with Gasteiger partial charge in [-0.1, -0.05) is 48.5 Å². The van der Waals surface area contributed by atoms with Crippen LogP contribution in [0.5, 0.6) is 5.75 Å². The highest BCUT2D eigenvalue weighted by Gasteiger charge is 2.17. The third kappa shape index (κ3) is 3.27. The van der Waals surface area contributed by atoms with Gasteiger partial charge in [0.1, 0.15) is 12.4 Å². The summed E-state index contributed by atoms with van der Waals surface area (Å²) in [4.78, 5) is 0.270. The molecule has 0 unspecified atom stereocenters. The Morgan fingerprint density at radius 3 is 2.42 bits per heavy atom. The minimum atomic E-state index is -3.44. The van der Waals surface area contributed by atoms with Crippen LogP contribution in [0.25, 0.3) is 10.8 Å². The zero-order chi connectivity index (χ0) is 17.2. The quantitative estimate of drug-likeness (QED) is 0.711. The molecule has 0 saturated carbocycles. The molecule has 0 aliphatic rings. The molecule has 0 saturated heterocycles. The van der Waals surface area contributed by atoms with Gasteiger partial charge < -0.3 is 4.74 Å². The van der Waals surface area contributed by atoms with E-state index < -0.39 is 10.0 Å². The van der Waals surface area contributed by atoms with Crippen molar-refractivity contribution >= 4 is 20.8 Å². The lowest BCUT2D eigenvalue weighted by atomic mass is 10.1. The van der Waals surface area contributed by atoms with E-state index in [0.717, 1.165) is 22.1 Å². The van der Waals surface area contributed by atoms with E-state index in [2.05, 4.69) is 0 Å². The van der Waals surface area contributed by atoms with Crippen molar-refractivity contribution in [3.05, 3.63) is 72.3 Å². The maximum atomic E-state index is 12.2. The van der Waals surface area contributed by atoms with E-state index in [1.54, 1.807) is 18.2 Å². The molecule has 124 valence electrons. The Morgan fingerprint density at radius 2 is 1.62 bits per heavy atom. The molecule has 0 N–H and O–H groups in total. The summed E-state index contributed by atoms with van der Waals surface area (Å²) in [6.45, 7) is 0.310. The molecular weight excluding hydrogens is 322 g/mol. The molecule has 0 aromatic heterocycles. The molecule has 0 amide bonds. The van der Waals surface area contributed by atoms with E-state index in [9.17, 15) is 8.42 Å². The monoisotopic (exact) mass is 341 g/mol. The maximum absolute atomic E-state index is 12.2. The lowest BCUT2D eigenvalue weighted by Gasteiger charge is -2.13. The summed E-state index contributed by atoms with van der Waals surface area (Å²) in [6.07, 6.45) is 0. The molecule has 0 radical (unpaired) electrons. The Balaban J connectivity index is 1.85. The van der Waals surface area contributed by atoms with Gasteiger partial charge in [-0.15, -0.1) is 0 Å². The SMILES string of the molecule is CN(C)S(=O)(=O)c1cccc(COc2cccc3ccccc23)c1. The molecule has 24 heavy (non-hydrogen) atoms. The topological polar surface area (TPSA) is 46.6 Å². The van der Waals surface area contributed by atoms with Crippen molar-refractivity contribution in [3.63, 3.8) is 0 Å². The second-order valence-corrected chi connectivity index (χ2v) is 7.85. The van der Waals surface area contributed by atoms with E-state index in [-0.39, 0.29) is 4.90 Å². The van der Waals surface area contributed by atoms with Crippen LogP contribution >= 0.6 is 0 Å². The summed E-state index contributed by atoms with van der Waals surface area (Å²) >= 11 is 0. The number of sulfonamides is 1. The molecule has 0 atom stereocenters. The van der Waals surface area contributed by atoms with Gasteiger partial charge in [0, 0.05) is 19.5 Å². The summed E-state index contributed by atoms with van der Waals surface area (Å²) in [5, 5.41) is 2.15. The van der Waals surface area contributed by atoms with Gasteiger partial charge in [0.25, 0.3) is 0 Å². The van der Waals surface area contributed by atoms with Crippen LogP contribution in [0.2, 0.25) is 0 Å². The van der Waals surface area contributed by atoms with Gasteiger partial charge in [-0.3, -0.25) is 0 Å². The van der Waals surface area contributed by atoms with Gasteiger partial charge in [-0.25, -0.2) is 12.7 Å². The van der Waals surface area contributed by atoms with Gasteiger partial charge in [-0.05, 0) is 29.1 Å². The highest BCUT2D eigenvalue weighted by molar-refractivity contribution is 7.89. The van der Waals surface area contributed by atoms with Crippen LogP contribution in [-0.2, 0) is 16.6 Å². The first-order valence-corrected chi connectivity index (χ1v) is 9.04. The normalized spacial score (nSPS) is 11.8. The third-order valence-corrected chi connectivity index (χ3v) is 5.63. The number of ether oxygens (including phenoxy) is 1. The molecule has 3 rings (SSSR count). The predicted octanol–water partition coefficient (Wildman–Crippen LogP) is 3.67. The lowest BCUT2D eigenvalue weighted by molar-refractivity contribution is 0.309. The van der Waals surface area contributed by atoms with Gasteiger partial charge in [0.05, 0.1) is 4.90 Å².